The Hall–Kier alpha value is -2.38. The minimum atomic E-state index is -0.143. The van der Waals surface area contributed by atoms with Crippen molar-refractivity contribution < 1.29 is 9.53 Å². The second-order valence-corrected chi connectivity index (χ2v) is 4.10. The van der Waals surface area contributed by atoms with Crippen LogP contribution in [0.1, 0.15) is 31.1 Å². The predicted molar refractivity (Wildman–Crippen MR) is 73.6 cm³/mol. The minimum absolute atomic E-state index is 0.143. The summed E-state index contributed by atoms with van der Waals surface area (Å²) < 4.78 is 6.79. The second-order valence-electron chi connectivity index (χ2n) is 4.10. The maximum absolute atomic E-state index is 12.5. The van der Waals surface area contributed by atoms with E-state index in [1.807, 2.05) is 20.8 Å². The number of nitrogen functional groups attached to an aromatic ring is 1. The fourth-order valence-electron chi connectivity index (χ4n) is 1.91. The van der Waals surface area contributed by atoms with Crippen molar-refractivity contribution in [2.24, 2.45) is 0 Å². The van der Waals surface area contributed by atoms with Gasteiger partial charge in [0.05, 0.1) is 6.61 Å². The van der Waals surface area contributed by atoms with E-state index in [4.69, 9.17) is 10.5 Å². The van der Waals surface area contributed by atoms with E-state index in [0.717, 1.165) is 0 Å². The zero-order valence-electron chi connectivity index (χ0n) is 11.8. The molecular formula is C12H18N6O2. The molecule has 8 nitrogen and oxygen atoms in total. The summed E-state index contributed by atoms with van der Waals surface area (Å²) in [7, 11) is 0. The first-order valence-corrected chi connectivity index (χ1v) is 6.56. The van der Waals surface area contributed by atoms with Crippen molar-refractivity contribution in [3.05, 3.63) is 11.6 Å². The van der Waals surface area contributed by atoms with Crippen LogP contribution < -0.4 is 10.5 Å². The molecule has 0 atom stereocenters. The van der Waals surface area contributed by atoms with Crippen LogP contribution in [-0.4, -0.2) is 50.3 Å². The van der Waals surface area contributed by atoms with Gasteiger partial charge in [0.25, 0.3) is 5.91 Å². The molecule has 0 bridgehead atoms. The van der Waals surface area contributed by atoms with E-state index in [1.54, 1.807) is 11.0 Å². The molecule has 0 aliphatic carbocycles. The standard InChI is InChI=1S/C12H18N6O2/c1-4-17(5-2)11(19)8-7-9-14-15-12(13)18(9)16-10(8)20-6-3/h7H,4-6H2,1-3H3,(H2,13,15). The third kappa shape index (κ3) is 2.36. The summed E-state index contributed by atoms with van der Waals surface area (Å²) in [6, 6.07) is 1.60. The van der Waals surface area contributed by atoms with Gasteiger partial charge in [-0.1, -0.05) is 0 Å². The van der Waals surface area contributed by atoms with Crippen LogP contribution in [0.5, 0.6) is 5.88 Å². The fourth-order valence-corrected chi connectivity index (χ4v) is 1.91. The topological polar surface area (TPSA) is 98.6 Å². The molecule has 0 spiro atoms. The summed E-state index contributed by atoms with van der Waals surface area (Å²) in [6.07, 6.45) is 0. The fraction of sp³-hybridized carbons (Fsp3) is 0.500. The Labute approximate surface area is 116 Å². The van der Waals surface area contributed by atoms with Gasteiger partial charge in [-0.25, -0.2) is 0 Å². The average molecular weight is 278 g/mol. The molecule has 108 valence electrons. The van der Waals surface area contributed by atoms with E-state index in [9.17, 15) is 4.79 Å². The first kappa shape index (κ1) is 14.0. The van der Waals surface area contributed by atoms with Gasteiger partial charge in [0.15, 0.2) is 5.65 Å². The lowest BCUT2D eigenvalue weighted by Gasteiger charge is -2.19. The molecule has 2 rings (SSSR count). The zero-order chi connectivity index (χ0) is 14.7. The number of rotatable bonds is 5. The maximum atomic E-state index is 12.5. The van der Waals surface area contributed by atoms with Gasteiger partial charge in [0.2, 0.25) is 11.8 Å². The van der Waals surface area contributed by atoms with Crippen LogP contribution in [0.2, 0.25) is 0 Å². The maximum Gasteiger partial charge on any atom is 0.259 e. The molecule has 0 fully saturated rings. The number of carbonyl (C=O) groups is 1. The molecule has 8 heteroatoms. The number of ether oxygens (including phenoxy) is 1. The number of hydrogen-bond acceptors (Lipinski definition) is 6. The van der Waals surface area contributed by atoms with E-state index in [2.05, 4.69) is 15.3 Å². The normalized spacial score (nSPS) is 10.8. The van der Waals surface area contributed by atoms with E-state index >= 15 is 0 Å². The first-order valence-electron chi connectivity index (χ1n) is 6.56. The summed E-state index contributed by atoms with van der Waals surface area (Å²) in [6.45, 7) is 7.29. The van der Waals surface area contributed by atoms with Crippen molar-refractivity contribution in [2.45, 2.75) is 20.8 Å². The number of fused-ring (bicyclic) bond motifs is 1. The third-order valence-electron chi connectivity index (χ3n) is 2.95. The lowest BCUT2D eigenvalue weighted by Crippen LogP contribution is -2.31. The SMILES string of the molecule is CCOc1nn2c(N)nnc2cc1C(=O)N(CC)CC. The van der Waals surface area contributed by atoms with Crippen LogP contribution >= 0.6 is 0 Å². The molecule has 2 heterocycles. The Kier molecular flexibility index (Phi) is 4.02. The van der Waals surface area contributed by atoms with E-state index in [0.29, 0.717) is 30.9 Å². The van der Waals surface area contributed by atoms with Gasteiger partial charge in [0.1, 0.15) is 5.56 Å². The highest BCUT2D eigenvalue weighted by Crippen LogP contribution is 2.20. The van der Waals surface area contributed by atoms with Gasteiger partial charge in [-0.15, -0.1) is 15.3 Å². The van der Waals surface area contributed by atoms with Crippen molar-refractivity contribution in [3.8, 4) is 5.88 Å². The molecule has 20 heavy (non-hydrogen) atoms. The molecular weight excluding hydrogens is 260 g/mol. The lowest BCUT2D eigenvalue weighted by atomic mass is 10.2. The highest BCUT2D eigenvalue weighted by Gasteiger charge is 2.21. The highest BCUT2D eigenvalue weighted by atomic mass is 16.5. The van der Waals surface area contributed by atoms with Gasteiger partial charge < -0.3 is 15.4 Å². The Morgan fingerprint density at radius 1 is 1.35 bits per heavy atom. The average Bonchev–Trinajstić information content (AvgIpc) is 2.81. The van der Waals surface area contributed by atoms with Gasteiger partial charge in [0, 0.05) is 19.2 Å². The molecule has 2 N–H and O–H groups in total. The molecule has 0 aliphatic heterocycles. The second kappa shape index (κ2) is 5.72. The third-order valence-corrected chi connectivity index (χ3v) is 2.95. The lowest BCUT2D eigenvalue weighted by molar-refractivity contribution is 0.0767. The van der Waals surface area contributed by atoms with Crippen molar-refractivity contribution in [3.63, 3.8) is 0 Å². The highest BCUT2D eigenvalue weighted by molar-refractivity contribution is 5.97. The molecule has 0 unspecified atom stereocenters. The first-order chi connectivity index (χ1) is 9.62. The number of carbonyl (C=O) groups excluding carboxylic acids is 1. The van der Waals surface area contributed by atoms with E-state index in [-0.39, 0.29) is 17.7 Å². The van der Waals surface area contributed by atoms with Gasteiger partial charge >= 0.3 is 0 Å². The van der Waals surface area contributed by atoms with Crippen molar-refractivity contribution in [2.75, 3.05) is 25.4 Å². The number of aromatic nitrogens is 4. The summed E-state index contributed by atoms with van der Waals surface area (Å²) >= 11 is 0. The van der Waals surface area contributed by atoms with Crippen molar-refractivity contribution in [1.29, 1.82) is 0 Å². The smallest absolute Gasteiger partial charge is 0.259 e. The number of nitrogens with zero attached hydrogens (tertiary/aromatic N) is 5. The minimum Gasteiger partial charge on any atom is -0.476 e. The van der Waals surface area contributed by atoms with Gasteiger partial charge in [-0.05, 0) is 20.8 Å². The largest absolute Gasteiger partial charge is 0.476 e. The Bertz CT molecular complexity index is 620. The number of hydrogen-bond donors (Lipinski definition) is 1. The molecule has 0 saturated carbocycles. The molecule has 1 amide bonds. The van der Waals surface area contributed by atoms with Crippen LogP contribution in [0.15, 0.2) is 6.07 Å². The van der Waals surface area contributed by atoms with Crippen LogP contribution in [0.3, 0.4) is 0 Å². The number of nitrogens with two attached hydrogens (primary N) is 1. The molecule has 2 aromatic heterocycles. The summed E-state index contributed by atoms with van der Waals surface area (Å²) in [5.41, 5.74) is 6.44. The number of anilines is 1. The molecule has 0 radical (unpaired) electrons. The monoisotopic (exact) mass is 278 g/mol. The molecule has 2 aromatic rings. The van der Waals surface area contributed by atoms with Crippen LogP contribution in [-0.2, 0) is 0 Å². The van der Waals surface area contributed by atoms with E-state index < -0.39 is 0 Å². The van der Waals surface area contributed by atoms with E-state index in [1.165, 1.54) is 4.52 Å². The van der Waals surface area contributed by atoms with Crippen molar-refractivity contribution in [1.82, 2.24) is 24.7 Å². The Morgan fingerprint density at radius 2 is 2.05 bits per heavy atom. The molecule has 0 saturated heterocycles. The Balaban J connectivity index is 2.54. The predicted octanol–water partition coefficient (Wildman–Crippen LogP) is 0.587. The van der Waals surface area contributed by atoms with Gasteiger partial charge in [-0.3, -0.25) is 4.79 Å². The number of amides is 1. The van der Waals surface area contributed by atoms with Crippen molar-refractivity contribution >= 4 is 17.5 Å². The van der Waals surface area contributed by atoms with Crippen LogP contribution in [0.25, 0.3) is 5.65 Å². The van der Waals surface area contributed by atoms with Crippen LogP contribution in [0.4, 0.5) is 5.95 Å². The summed E-state index contributed by atoms with van der Waals surface area (Å²) in [5, 5.41) is 11.8. The Morgan fingerprint density at radius 3 is 2.65 bits per heavy atom. The van der Waals surface area contributed by atoms with Gasteiger partial charge in [-0.2, -0.15) is 4.52 Å². The summed E-state index contributed by atoms with van der Waals surface area (Å²) in [5.74, 6) is 0.251. The van der Waals surface area contributed by atoms with Crippen LogP contribution in [0, 0.1) is 0 Å². The molecule has 0 aliphatic rings. The molecule has 0 aromatic carbocycles. The zero-order valence-corrected chi connectivity index (χ0v) is 11.8. The summed E-state index contributed by atoms with van der Waals surface area (Å²) in [4.78, 5) is 14.2. The quantitative estimate of drug-likeness (QED) is 0.859.